The van der Waals surface area contributed by atoms with Gasteiger partial charge in [0.05, 0.1) is 5.60 Å². The highest BCUT2D eigenvalue weighted by Gasteiger charge is 2.17. The molecular formula is C16H21NO5. The van der Waals surface area contributed by atoms with Crippen molar-refractivity contribution < 1.29 is 24.2 Å². The summed E-state index contributed by atoms with van der Waals surface area (Å²) in [6.07, 6.45) is 0.195. The van der Waals surface area contributed by atoms with Crippen molar-refractivity contribution in [2.24, 2.45) is 0 Å². The monoisotopic (exact) mass is 307 g/mol. The minimum absolute atomic E-state index is 0.0867. The third-order valence-electron chi connectivity index (χ3n) is 3.16. The maximum absolute atomic E-state index is 12.1. The van der Waals surface area contributed by atoms with Gasteiger partial charge < -0.3 is 19.9 Å². The molecule has 2 rings (SSSR count). The lowest BCUT2D eigenvalue weighted by atomic mass is 10.1. The average molecular weight is 307 g/mol. The largest absolute Gasteiger partial charge is 0.486 e. The number of rotatable bonds is 6. The van der Waals surface area contributed by atoms with E-state index in [1.165, 1.54) is 0 Å². The van der Waals surface area contributed by atoms with E-state index in [9.17, 15) is 14.7 Å². The molecule has 0 aliphatic carbocycles. The molecule has 1 aromatic carbocycles. The van der Waals surface area contributed by atoms with E-state index >= 15 is 0 Å². The number of hydrogen-bond acceptors (Lipinski definition) is 5. The van der Waals surface area contributed by atoms with Gasteiger partial charge >= 0.3 is 0 Å². The summed E-state index contributed by atoms with van der Waals surface area (Å²) in [5.74, 6) is 0.803. The van der Waals surface area contributed by atoms with Crippen molar-refractivity contribution in [2.45, 2.75) is 32.3 Å². The van der Waals surface area contributed by atoms with Crippen LogP contribution in [0.3, 0.4) is 0 Å². The van der Waals surface area contributed by atoms with Crippen LogP contribution < -0.4 is 14.8 Å². The minimum atomic E-state index is -0.963. The van der Waals surface area contributed by atoms with Gasteiger partial charge in [-0.1, -0.05) is 0 Å². The van der Waals surface area contributed by atoms with Crippen molar-refractivity contribution in [1.29, 1.82) is 0 Å². The molecule has 0 spiro atoms. The zero-order chi connectivity index (χ0) is 16.2. The van der Waals surface area contributed by atoms with Gasteiger partial charge in [-0.25, -0.2) is 0 Å². The molecule has 22 heavy (non-hydrogen) atoms. The number of amides is 1. The fourth-order valence-electron chi connectivity index (χ4n) is 1.99. The Morgan fingerprint density at radius 2 is 1.86 bits per heavy atom. The first-order chi connectivity index (χ1) is 10.3. The minimum Gasteiger partial charge on any atom is -0.486 e. The van der Waals surface area contributed by atoms with E-state index in [4.69, 9.17) is 9.47 Å². The van der Waals surface area contributed by atoms with Gasteiger partial charge in [0.15, 0.2) is 17.3 Å². The third kappa shape index (κ3) is 4.73. The van der Waals surface area contributed by atoms with Gasteiger partial charge in [0.2, 0.25) is 5.91 Å². The summed E-state index contributed by atoms with van der Waals surface area (Å²) in [6.45, 7) is 4.33. The normalized spacial score (nSPS) is 13.6. The first-order valence-electron chi connectivity index (χ1n) is 7.27. The van der Waals surface area contributed by atoms with Crippen molar-refractivity contribution in [3.8, 4) is 11.5 Å². The van der Waals surface area contributed by atoms with Crippen LogP contribution in [0.15, 0.2) is 18.2 Å². The van der Waals surface area contributed by atoms with Gasteiger partial charge in [0.1, 0.15) is 13.2 Å². The number of carbonyl (C=O) groups is 2. The molecular weight excluding hydrogens is 286 g/mol. The van der Waals surface area contributed by atoms with Crippen molar-refractivity contribution >= 4 is 11.7 Å². The number of benzene rings is 1. The zero-order valence-electron chi connectivity index (χ0n) is 12.8. The molecule has 0 aromatic heterocycles. The summed E-state index contributed by atoms with van der Waals surface area (Å²) in [7, 11) is 0. The Morgan fingerprint density at radius 3 is 2.55 bits per heavy atom. The maximum atomic E-state index is 12.1. The lowest BCUT2D eigenvalue weighted by Crippen LogP contribution is -2.38. The highest BCUT2D eigenvalue weighted by atomic mass is 16.6. The Hall–Kier alpha value is -2.08. The summed E-state index contributed by atoms with van der Waals surface area (Å²) in [5.41, 5.74) is -0.463. The fourth-order valence-corrected chi connectivity index (χ4v) is 1.99. The Kier molecular flexibility index (Phi) is 5.03. The predicted octanol–water partition coefficient (Wildman–Crippen LogP) is 1.31. The number of Topliss-reactive ketones (excluding diaryl/α,β-unsaturated/α-hetero) is 1. The molecule has 1 aliphatic rings. The Balaban J connectivity index is 1.86. The summed E-state index contributed by atoms with van der Waals surface area (Å²) < 4.78 is 10.8. The molecule has 1 aliphatic heterocycles. The zero-order valence-corrected chi connectivity index (χ0v) is 12.8. The van der Waals surface area contributed by atoms with Gasteiger partial charge in [-0.15, -0.1) is 0 Å². The summed E-state index contributed by atoms with van der Waals surface area (Å²) in [6, 6.07) is 5.02. The molecule has 0 saturated carbocycles. The van der Waals surface area contributed by atoms with Crippen molar-refractivity contribution in [2.75, 3.05) is 19.8 Å². The smallest absolute Gasteiger partial charge is 0.220 e. The van der Waals surface area contributed by atoms with E-state index in [2.05, 4.69) is 5.32 Å². The molecule has 6 nitrogen and oxygen atoms in total. The van der Waals surface area contributed by atoms with E-state index in [1.807, 2.05) is 0 Å². The third-order valence-corrected chi connectivity index (χ3v) is 3.16. The highest BCUT2D eigenvalue weighted by molar-refractivity contribution is 5.98. The number of hydrogen-bond donors (Lipinski definition) is 2. The number of aliphatic hydroxyl groups is 1. The van der Waals surface area contributed by atoms with E-state index in [-0.39, 0.29) is 31.1 Å². The van der Waals surface area contributed by atoms with Gasteiger partial charge in [-0.05, 0) is 32.0 Å². The molecule has 0 unspecified atom stereocenters. The van der Waals surface area contributed by atoms with Crippen LogP contribution in [0.1, 0.15) is 37.0 Å². The summed E-state index contributed by atoms with van der Waals surface area (Å²) >= 11 is 0. The number of carbonyl (C=O) groups excluding carboxylic acids is 2. The molecule has 6 heteroatoms. The first kappa shape index (κ1) is 16.3. The molecule has 0 radical (unpaired) electrons. The summed E-state index contributed by atoms with van der Waals surface area (Å²) in [5, 5.41) is 12.1. The lowest BCUT2D eigenvalue weighted by Gasteiger charge is -2.18. The SMILES string of the molecule is CC(C)(O)CNC(=O)CCC(=O)c1ccc2c(c1)OCCO2. The average Bonchev–Trinajstić information content (AvgIpc) is 2.49. The fraction of sp³-hybridized carbons (Fsp3) is 0.500. The molecule has 0 atom stereocenters. The van der Waals surface area contributed by atoms with Gasteiger partial charge in [0.25, 0.3) is 0 Å². The topological polar surface area (TPSA) is 84.9 Å². The lowest BCUT2D eigenvalue weighted by molar-refractivity contribution is -0.122. The van der Waals surface area contributed by atoms with Crippen LogP contribution in [0.25, 0.3) is 0 Å². The summed E-state index contributed by atoms with van der Waals surface area (Å²) in [4.78, 5) is 23.7. The molecule has 0 bridgehead atoms. The number of ketones is 1. The first-order valence-corrected chi connectivity index (χ1v) is 7.27. The van der Waals surface area contributed by atoms with Crippen molar-refractivity contribution in [3.63, 3.8) is 0 Å². The quantitative estimate of drug-likeness (QED) is 0.774. The predicted molar refractivity (Wildman–Crippen MR) is 80.3 cm³/mol. The number of nitrogens with one attached hydrogen (secondary N) is 1. The standard InChI is InChI=1S/C16H21NO5/c1-16(2,20)10-17-15(19)6-4-12(18)11-3-5-13-14(9-11)22-8-7-21-13/h3,5,9,20H,4,6-8,10H2,1-2H3,(H,17,19). The molecule has 1 amide bonds. The molecule has 0 fully saturated rings. The molecule has 120 valence electrons. The second kappa shape index (κ2) is 6.79. The van der Waals surface area contributed by atoms with Crippen molar-refractivity contribution in [1.82, 2.24) is 5.32 Å². The molecule has 2 N–H and O–H groups in total. The second-order valence-corrected chi connectivity index (χ2v) is 5.87. The van der Waals surface area contributed by atoms with E-state index in [0.717, 1.165) is 0 Å². The van der Waals surface area contributed by atoms with E-state index in [0.29, 0.717) is 30.3 Å². The number of ether oxygens (including phenoxy) is 2. The van der Waals surface area contributed by atoms with Crippen LogP contribution in [0.4, 0.5) is 0 Å². The molecule has 0 saturated heterocycles. The van der Waals surface area contributed by atoms with Crippen LogP contribution in [0.5, 0.6) is 11.5 Å². The Morgan fingerprint density at radius 1 is 1.18 bits per heavy atom. The van der Waals surface area contributed by atoms with Crippen LogP contribution in [-0.4, -0.2) is 42.2 Å². The Bertz CT molecular complexity index is 562. The van der Waals surface area contributed by atoms with Gasteiger partial charge in [-0.3, -0.25) is 9.59 Å². The maximum Gasteiger partial charge on any atom is 0.220 e. The number of fused-ring (bicyclic) bond motifs is 1. The van der Waals surface area contributed by atoms with E-state index < -0.39 is 5.60 Å². The van der Waals surface area contributed by atoms with Crippen LogP contribution in [0, 0.1) is 0 Å². The van der Waals surface area contributed by atoms with Gasteiger partial charge in [0, 0.05) is 24.9 Å². The molecule has 1 heterocycles. The van der Waals surface area contributed by atoms with E-state index in [1.54, 1.807) is 32.0 Å². The molecule has 1 aromatic rings. The second-order valence-electron chi connectivity index (χ2n) is 5.87. The highest BCUT2D eigenvalue weighted by Crippen LogP contribution is 2.31. The van der Waals surface area contributed by atoms with Crippen LogP contribution in [-0.2, 0) is 4.79 Å². The van der Waals surface area contributed by atoms with Crippen LogP contribution >= 0.6 is 0 Å². The van der Waals surface area contributed by atoms with Crippen molar-refractivity contribution in [3.05, 3.63) is 23.8 Å². The Labute approximate surface area is 129 Å². The van der Waals surface area contributed by atoms with Gasteiger partial charge in [-0.2, -0.15) is 0 Å². The van der Waals surface area contributed by atoms with Crippen LogP contribution in [0.2, 0.25) is 0 Å².